The van der Waals surface area contributed by atoms with Gasteiger partial charge >= 0.3 is 5.97 Å². The van der Waals surface area contributed by atoms with Gasteiger partial charge in [-0.05, 0) is 37.9 Å². The number of hydrogen-bond donors (Lipinski definition) is 1. The van der Waals surface area contributed by atoms with Crippen LogP contribution in [0.25, 0.3) is 0 Å². The van der Waals surface area contributed by atoms with Crippen LogP contribution in [-0.2, 0) is 9.53 Å². The molecule has 0 radical (unpaired) electrons. The average Bonchev–Trinajstić information content (AvgIpc) is 2.33. The van der Waals surface area contributed by atoms with Crippen molar-refractivity contribution in [1.82, 2.24) is 9.88 Å². The summed E-state index contributed by atoms with van der Waals surface area (Å²) in [6.07, 6.45) is 1.48. The predicted octanol–water partition coefficient (Wildman–Crippen LogP) is 1.78. The Morgan fingerprint density at radius 3 is 2.68 bits per heavy atom. The van der Waals surface area contributed by atoms with Gasteiger partial charge in [0.25, 0.3) is 5.91 Å². The summed E-state index contributed by atoms with van der Waals surface area (Å²) in [5, 5.41) is 8.82. The van der Waals surface area contributed by atoms with E-state index in [9.17, 15) is 9.59 Å². The minimum Gasteiger partial charge on any atom is -0.480 e. The fourth-order valence-electron chi connectivity index (χ4n) is 1.34. The number of halogens is 2. The smallest absolute Gasteiger partial charge is 0.323 e. The summed E-state index contributed by atoms with van der Waals surface area (Å²) >= 11 is 6.46. The number of pyridine rings is 1. The predicted molar refractivity (Wildman–Crippen MR) is 75.1 cm³/mol. The average molecular weight is 396 g/mol. The van der Waals surface area contributed by atoms with Crippen molar-refractivity contribution in [3.05, 3.63) is 26.9 Å². The summed E-state index contributed by atoms with van der Waals surface area (Å²) in [6, 6.07) is 1.68. The Balaban J connectivity index is 2.93. The van der Waals surface area contributed by atoms with Crippen LogP contribution < -0.4 is 0 Å². The van der Waals surface area contributed by atoms with Crippen LogP contribution in [0.4, 0.5) is 0 Å². The van der Waals surface area contributed by atoms with Crippen LogP contribution in [0.5, 0.6) is 0 Å². The van der Waals surface area contributed by atoms with E-state index < -0.39 is 18.4 Å². The van der Waals surface area contributed by atoms with Crippen molar-refractivity contribution in [2.24, 2.45) is 0 Å². The van der Waals surface area contributed by atoms with E-state index >= 15 is 0 Å². The second-order valence-corrected chi connectivity index (χ2v) is 5.37. The van der Waals surface area contributed by atoms with Gasteiger partial charge in [-0.3, -0.25) is 9.59 Å². The summed E-state index contributed by atoms with van der Waals surface area (Å²) in [6.45, 7) is 0.0470. The van der Waals surface area contributed by atoms with Gasteiger partial charge in [0, 0.05) is 24.3 Å². The first-order valence-corrected chi connectivity index (χ1v) is 6.85. The Morgan fingerprint density at radius 2 is 2.16 bits per heavy atom. The maximum absolute atomic E-state index is 12.2. The van der Waals surface area contributed by atoms with E-state index in [4.69, 9.17) is 9.84 Å². The van der Waals surface area contributed by atoms with Gasteiger partial charge in [-0.15, -0.1) is 0 Å². The SMILES string of the molecule is COCCN(CC(=O)O)C(=O)c1ncc(Br)cc1Br. The number of aromatic nitrogens is 1. The van der Waals surface area contributed by atoms with Gasteiger partial charge < -0.3 is 14.7 Å². The van der Waals surface area contributed by atoms with Gasteiger partial charge in [-0.1, -0.05) is 0 Å². The van der Waals surface area contributed by atoms with Crippen LogP contribution in [0.1, 0.15) is 10.5 Å². The van der Waals surface area contributed by atoms with Crippen molar-refractivity contribution in [1.29, 1.82) is 0 Å². The number of methoxy groups -OCH3 is 1. The Morgan fingerprint density at radius 1 is 1.47 bits per heavy atom. The second kappa shape index (κ2) is 7.56. The van der Waals surface area contributed by atoms with E-state index in [1.807, 2.05) is 0 Å². The molecule has 0 spiro atoms. The molecule has 1 rings (SSSR count). The van der Waals surface area contributed by atoms with Gasteiger partial charge in [-0.25, -0.2) is 4.98 Å². The molecule has 1 N–H and O–H groups in total. The zero-order valence-corrected chi connectivity index (χ0v) is 13.3. The first kappa shape index (κ1) is 16.1. The fraction of sp³-hybridized carbons (Fsp3) is 0.364. The molecule has 8 heteroatoms. The lowest BCUT2D eigenvalue weighted by Crippen LogP contribution is -2.38. The molecule has 0 fully saturated rings. The molecule has 0 unspecified atom stereocenters. The third kappa shape index (κ3) is 4.88. The van der Waals surface area contributed by atoms with Crippen molar-refractivity contribution in [3.63, 3.8) is 0 Å². The summed E-state index contributed by atoms with van der Waals surface area (Å²) in [5.41, 5.74) is 0.167. The van der Waals surface area contributed by atoms with Crippen LogP contribution in [0.2, 0.25) is 0 Å². The topological polar surface area (TPSA) is 79.7 Å². The zero-order valence-electron chi connectivity index (χ0n) is 10.1. The van der Waals surface area contributed by atoms with E-state index in [1.54, 1.807) is 6.07 Å². The molecule has 1 aromatic rings. The normalized spacial score (nSPS) is 10.3. The fourth-order valence-corrected chi connectivity index (χ4v) is 2.50. The maximum Gasteiger partial charge on any atom is 0.323 e. The number of hydrogen-bond acceptors (Lipinski definition) is 4. The van der Waals surface area contributed by atoms with Crippen LogP contribution in [0.3, 0.4) is 0 Å². The van der Waals surface area contributed by atoms with Crippen LogP contribution in [-0.4, -0.2) is 53.7 Å². The number of nitrogens with zero attached hydrogens (tertiary/aromatic N) is 2. The van der Waals surface area contributed by atoms with Gasteiger partial charge in [0.2, 0.25) is 0 Å². The number of aliphatic carboxylic acids is 1. The van der Waals surface area contributed by atoms with Crippen LogP contribution >= 0.6 is 31.9 Å². The molecule has 0 aliphatic rings. The molecule has 0 saturated heterocycles. The van der Waals surface area contributed by atoms with Crippen molar-refractivity contribution >= 4 is 43.7 Å². The largest absolute Gasteiger partial charge is 0.480 e. The van der Waals surface area contributed by atoms with Crippen molar-refractivity contribution < 1.29 is 19.4 Å². The monoisotopic (exact) mass is 394 g/mol. The molecule has 0 atom stereocenters. The van der Waals surface area contributed by atoms with Gasteiger partial charge in [0.1, 0.15) is 12.2 Å². The zero-order chi connectivity index (χ0) is 14.4. The molecule has 0 aromatic carbocycles. The Bertz CT molecular complexity index is 482. The van der Waals surface area contributed by atoms with Gasteiger partial charge in [-0.2, -0.15) is 0 Å². The van der Waals surface area contributed by atoms with Crippen molar-refractivity contribution in [2.45, 2.75) is 0 Å². The van der Waals surface area contributed by atoms with Crippen LogP contribution in [0.15, 0.2) is 21.2 Å². The van der Waals surface area contributed by atoms with Gasteiger partial charge in [0.15, 0.2) is 0 Å². The van der Waals surface area contributed by atoms with E-state index in [0.717, 1.165) is 4.47 Å². The number of carbonyl (C=O) groups excluding carboxylic acids is 1. The Labute approximate surface area is 127 Å². The second-order valence-electron chi connectivity index (χ2n) is 3.60. The first-order chi connectivity index (χ1) is 8.95. The summed E-state index contributed by atoms with van der Waals surface area (Å²) in [4.78, 5) is 28.2. The van der Waals surface area contributed by atoms with E-state index in [1.165, 1.54) is 18.2 Å². The van der Waals surface area contributed by atoms with Crippen molar-refractivity contribution in [2.75, 3.05) is 26.8 Å². The highest BCUT2D eigenvalue weighted by Crippen LogP contribution is 2.20. The molecule has 6 nitrogen and oxygen atoms in total. The lowest BCUT2D eigenvalue weighted by atomic mass is 10.3. The standard InChI is InChI=1S/C11H12Br2N2O4/c1-19-3-2-15(6-9(16)17)11(18)10-8(13)4-7(12)5-14-10/h4-5H,2-3,6H2,1H3,(H,16,17). The third-order valence-electron chi connectivity index (χ3n) is 2.19. The molecular weight excluding hydrogens is 384 g/mol. The van der Waals surface area contributed by atoms with Crippen LogP contribution in [0, 0.1) is 0 Å². The Hall–Kier alpha value is -0.990. The molecule has 0 aliphatic carbocycles. The third-order valence-corrected chi connectivity index (χ3v) is 3.23. The molecule has 1 aromatic heterocycles. The molecule has 0 bridgehead atoms. The first-order valence-electron chi connectivity index (χ1n) is 5.26. The number of carboxylic acids is 1. The molecule has 1 amide bonds. The maximum atomic E-state index is 12.2. The summed E-state index contributed by atoms with van der Waals surface area (Å²) in [5.74, 6) is -1.54. The van der Waals surface area contributed by atoms with E-state index in [2.05, 4.69) is 36.8 Å². The summed E-state index contributed by atoms with van der Waals surface area (Å²) < 4.78 is 6.08. The number of carboxylic acid groups (broad SMARTS) is 1. The molecule has 1 heterocycles. The number of carbonyl (C=O) groups is 2. The van der Waals surface area contributed by atoms with E-state index in [0.29, 0.717) is 4.47 Å². The number of rotatable bonds is 6. The number of ether oxygens (including phenoxy) is 1. The molecular formula is C11H12Br2N2O4. The van der Waals surface area contributed by atoms with Crippen molar-refractivity contribution in [3.8, 4) is 0 Å². The molecule has 0 saturated carbocycles. The molecule has 19 heavy (non-hydrogen) atoms. The highest BCUT2D eigenvalue weighted by Gasteiger charge is 2.21. The van der Waals surface area contributed by atoms with E-state index in [-0.39, 0.29) is 18.8 Å². The number of amides is 1. The lowest BCUT2D eigenvalue weighted by molar-refractivity contribution is -0.137. The highest BCUT2D eigenvalue weighted by atomic mass is 79.9. The quantitative estimate of drug-likeness (QED) is 0.794. The summed E-state index contributed by atoms with van der Waals surface area (Å²) in [7, 11) is 1.48. The minimum atomic E-state index is -1.09. The highest BCUT2D eigenvalue weighted by molar-refractivity contribution is 9.11. The Kier molecular flexibility index (Phi) is 6.40. The minimum absolute atomic E-state index is 0.167. The molecule has 104 valence electrons. The molecule has 0 aliphatic heterocycles. The lowest BCUT2D eigenvalue weighted by Gasteiger charge is -2.20. The van der Waals surface area contributed by atoms with Gasteiger partial charge in [0.05, 0.1) is 11.1 Å².